The van der Waals surface area contributed by atoms with Gasteiger partial charge in [0.05, 0.1) is 5.60 Å². The number of aliphatic hydroxyl groups is 1. The summed E-state index contributed by atoms with van der Waals surface area (Å²) in [7, 11) is 0. The molecule has 0 unspecified atom stereocenters. The van der Waals surface area contributed by atoms with Crippen LogP contribution in [0.2, 0.25) is 0 Å². The molecule has 0 heterocycles. The number of hydrogen-bond acceptors (Lipinski definition) is 2. The van der Waals surface area contributed by atoms with Crippen LogP contribution in [0.25, 0.3) is 0 Å². The Morgan fingerprint density at radius 2 is 1.93 bits per heavy atom. The average Bonchev–Trinajstić information content (AvgIpc) is 2.82. The normalized spacial score (nSPS) is 18.9. The van der Waals surface area contributed by atoms with Crippen molar-refractivity contribution in [1.29, 1.82) is 0 Å². The van der Waals surface area contributed by atoms with Crippen molar-refractivity contribution in [2.24, 2.45) is 5.73 Å². The summed E-state index contributed by atoms with van der Waals surface area (Å²) >= 11 is 0. The second-order valence-electron chi connectivity index (χ2n) is 5.26. The quantitative estimate of drug-likeness (QED) is 0.792. The minimum atomic E-state index is -0.776. The Bertz CT molecular complexity index is 361. The molecule has 0 atom stereocenters. The van der Waals surface area contributed by atoms with Gasteiger partial charge in [0.15, 0.2) is 0 Å². The van der Waals surface area contributed by atoms with Crippen molar-refractivity contribution >= 4 is 0 Å². The summed E-state index contributed by atoms with van der Waals surface area (Å²) in [5, 5.41) is 10.0. The lowest BCUT2D eigenvalue weighted by Crippen LogP contribution is -2.27. The molecule has 1 aliphatic rings. The van der Waals surface area contributed by atoms with Crippen LogP contribution in [-0.2, 0) is 12.0 Å². The molecule has 2 nitrogen and oxygen atoms in total. The fourth-order valence-electron chi connectivity index (χ4n) is 1.99. The zero-order chi connectivity index (χ0) is 11.1. The van der Waals surface area contributed by atoms with Gasteiger partial charge in [-0.1, -0.05) is 24.3 Å². The molecule has 0 saturated heterocycles. The average molecular weight is 205 g/mol. The molecular weight excluding hydrogens is 186 g/mol. The molecule has 15 heavy (non-hydrogen) atoms. The maximum atomic E-state index is 10.0. The van der Waals surface area contributed by atoms with Crippen molar-refractivity contribution in [3.05, 3.63) is 35.4 Å². The van der Waals surface area contributed by atoms with E-state index in [1.807, 2.05) is 32.0 Å². The Morgan fingerprint density at radius 3 is 2.47 bits per heavy atom. The Hall–Kier alpha value is -0.860. The monoisotopic (exact) mass is 205 g/mol. The van der Waals surface area contributed by atoms with Crippen LogP contribution in [0.4, 0.5) is 0 Å². The smallest absolute Gasteiger partial charge is 0.0843 e. The molecule has 2 heteroatoms. The summed E-state index contributed by atoms with van der Waals surface area (Å²) < 4.78 is 0. The van der Waals surface area contributed by atoms with Gasteiger partial charge in [-0.2, -0.15) is 0 Å². The number of nitrogens with two attached hydrogens (primary N) is 1. The van der Waals surface area contributed by atoms with Crippen molar-refractivity contribution in [3.63, 3.8) is 0 Å². The van der Waals surface area contributed by atoms with Crippen LogP contribution < -0.4 is 5.73 Å². The first kappa shape index (κ1) is 10.7. The third-order valence-corrected chi connectivity index (χ3v) is 3.11. The molecule has 1 fully saturated rings. The minimum Gasteiger partial charge on any atom is -0.386 e. The highest BCUT2D eigenvalue weighted by atomic mass is 16.3. The molecule has 82 valence electrons. The van der Waals surface area contributed by atoms with Crippen LogP contribution in [0.3, 0.4) is 0 Å². The Kier molecular flexibility index (Phi) is 2.36. The van der Waals surface area contributed by atoms with Crippen molar-refractivity contribution < 1.29 is 5.11 Å². The van der Waals surface area contributed by atoms with Gasteiger partial charge >= 0.3 is 0 Å². The first-order chi connectivity index (χ1) is 6.91. The lowest BCUT2D eigenvalue weighted by molar-refractivity contribution is 0.0775. The van der Waals surface area contributed by atoms with Gasteiger partial charge in [-0.15, -0.1) is 0 Å². The van der Waals surface area contributed by atoms with E-state index in [4.69, 9.17) is 5.73 Å². The minimum absolute atomic E-state index is 0.00134. The molecule has 1 aromatic rings. The second-order valence-corrected chi connectivity index (χ2v) is 5.26. The molecule has 1 aromatic carbocycles. The van der Waals surface area contributed by atoms with Crippen LogP contribution in [-0.4, -0.2) is 10.6 Å². The third-order valence-electron chi connectivity index (χ3n) is 3.11. The lowest BCUT2D eigenvalue weighted by atomic mass is 9.89. The van der Waals surface area contributed by atoms with E-state index in [0.717, 1.165) is 24.8 Å². The van der Waals surface area contributed by atoms with E-state index in [1.54, 1.807) is 0 Å². The molecule has 0 amide bonds. The van der Waals surface area contributed by atoms with E-state index in [2.05, 4.69) is 6.07 Å². The predicted octanol–water partition coefficient (Wildman–Crippen LogP) is 1.95. The zero-order valence-electron chi connectivity index (χ0n) is 9.46. The van der Waals surface area contributed by atoms with Crippen molar-refractivity contribution in [1.82, 2.24) is 0 Å². The van der Waals surface area contributed by atoms with E-state index < -0.39 is 5.60 Å². The van der Waals surface area contributed by atoms with Gasteiger partial charge in [0.2, 0.25) is 0 Å². The largest absolute Gasteiger partial charge is 0.386 e. The molecule has 0 radical (unpaired) electrons. The molecule has 1 saturated carbocycles. The first-order valence-corrected chi connectivity index (χ1v) is 5.50. The van der Waals surface area contributed by atoms with Gasteiger partial charge in [0, 0.05) is 5.54 Å². The summed E-state index contributed by atoms with van der Waals surface area (Å²) in [6, 6.07) is 8.03. The summed E-state index contributed by atoms with van der Waals surface area (Å²) in [5.41, 5.74) is 7.52. The van der Waals surface area contributed by atoms with Gasteiger partial charge in [-0.05, 0) is 44.2 Å². The first-order valence-electron chi connectivity index (χ1n) is 5.50. The third kappa shape index (κ3) is 2.39. The molecule has 0 spiro atoms. The van der Waals surface area contributed by atoms with Gasteiger partial charge in [-0.25, -0.2) is 0 Å². The van der Waals surface area contributed by atoms with Gasteiger partial charge < -0.3 is 10.8 Å². The Balaban J connectivity index is 2.30. The lowest BCUT2D eigenvalue weighted by Gasteiger charge is -2.23. The molecule has 2 rings (SSSR count). The van der Waals surface area contributed by atoms with Crippen molar-refractivity contribution in [2.75, 3.05) is 0 Å². The van der Waals surface area contributed by atoms with Gasteiger partial charge in [0.25, 0.3) is 0 Å². The molecule has 0 aliphatic heterocycles. The maximum absolute atomic E-state index is 10.0. The molecular formula is C13H19NO. The Labute approximate surface area is 91.1 Å². The van der Waals surface area contributed by atoms with Crippen LogP contribution in [0.1, 0.15) is 37.8 Å². The van der Waals surface area contributed by atoms with E-state index >= 15 is 0 Å². The van der Waals surface area contributed by atoms with Gasteiger partial charge in [0.1, 0.15) is 0 Å². The highest BCUT2D eigenvalue weighted by Crippen LogP contribution is 2.37. The summed E-state index contributed by atoms with van der Waals surface area (Å²) in [6.45, 7) is 3.64. The second kappa shape index (κ2) is 3.32. The van der Waals surface area contributed by atoms with E-state index in [1.165, 1.54) is 5.56 Å². The predicted molar refractivity (Wildman–Crippen MR) is 61.5 cm³/mol. The molecule has 3 N–H and O–H groups in total. The zero-order valence-corrected chi connectivity index (χ0v) is 9.46. The highest BCUT2D eigenvalue weighted by Gasteiger charge is 2.39. The van der Waals surface area contributed by atoms with Crippen molar-refractivity contribution in [3.8, 4) is 0 Å². The maximum Gasteiger partial charge on any atom is 0.0843 e. The summed E-state index contributed by atoms with van der Waals surface area (Å²) in [6.07, 6.45) is 3.09. The fraction of sp³-hybridized carbons (Fsp3) is 0.538. The van der Waals surface area contributed by atoms with E-state index in [9.17, 15) is 5.11 Å². The van der Waals surface area contributed by atoms with E-state index in [-0.39, 0.29) is 5.54 Å². The highest BCUT2D eigenvalue weighted by molar-refractivity contribution is 5.33. The number of hydrogen-bond donors (Lipinski definition) is 2. The number of benzene rings is 1. The fourth-order valence-corrected chi connectivity index (χ4v) is 1.99. The van der Waals surface area contributed by atoms with Crippen LogP contribution in [0.15, 0.2) is 24.3 Å². The van der Waals surface area contributed by atoms with E-state index in [0.29, 0.717) is 0 Å². The topological polar surface area (TPSA) is 46.2 Å². The molecule has 1 aliphatic carbocycles. The van der Waals surface area contributed by atoms with Gasteiger partial charge in [-0.3, -0.25) is 0 Å². The SMILES string of the molecule is CC(C)(O)c1ccccc1CC1(N)CC1. The van der Waals surface area contributed by atoms with Crippen LogP contribution in [0.5, 0.6) is 0 Å². The van der Waals surface area contributed by atoms with Crippen LogP contribution in [0, 0.1) is 0 Å². The van der Waals surface area contributed by atoms with Crippen molar-refractivity contribution in [2.45, 2.75) is 44.2 Å². The Morgan fingerprint density at radius 1 is 1.33 bits per heavy atom. The van der Waals surface area contributed by atoms with Crippen LogP contribution >= 0.6 is 0 Å². The summed E-state index contributed by atoms with van der Waals surface area (Å²) in [4.78, 5) is 0. The standard InChI is InChI=1S/C13H19NO/c1-12(2,15)11-6-4-3-5-10(11)9-13(14)7-8-13/h3-6,15H,7-9,14H2,1-2H3. The number of rotatable bonds is 3. The summed E-state index contributed by atoms with van der Waals surface area (Å²) in [5.74, 6) is 0. The molecule has 0 aromatic heterocycles. The molecule has 0 bridgehead atoms.